The van der Waals surface area contributed by atoms with E-state index in [1.165, 1.54) is 18.2 Å². The fourth-order valence-corrected chi connectivity index (χ4v) is 3.40. The van der Waals surface area contributed by atoms with E-state index in [9.17, 15) is 14.0 Å². The van der Waals surface area contributed by atoms with Gasteiger partial charge in [-0.3, -0.25) is 9.59 Å². The van der Waals surface area contributed by atoms with Crippen LogP contribution in [0.15, 0.2) is 42.5 Å². The van der Waals surface area contributed by atoms with E-state index >= 15 is 0 Å². The summed E-state index contributed by atoms with van der Waals surface area (Å²) in [7, 11) is 0. The van der Waals surface area contributed by atoms with Gasteiger partial charge >= 0.3 is 5.97 Å². The van der Waals surface area contributed by atoms with Gasteiger partial charge in [-0.25, -0.2) is 4.39 Å². The van der Waals surface area contributed by atoms with Gasteiger partial charge in [-0.2, -0.15) is 0 Å². The van der Waals surface area contributed by atoms with Crippen LogP contribution >= 0.6 is 0 Å². The van der Waals surface area contributed by atoms with Gasteiger partial charge in [0.1, 0.15) is 12.4 Å². The number of carbonyl (C=O) groups excluding carboxylic acids is 2. The second-order valence-electron chi connectivity index (χ2n) is 6.45. The number of hydrogen-bond acceptors (Lipinski definition) is 4. The van der Waals surface area contributed by atoms with E-state index in [2.05, 4.69) is 24.1 Å². The fraction of sp³-hybridized carbons (Fsp3) is 0.333. The van der Waals surface area contributed by atoms with Gasteiger partial charge in [0.25, 0.3) is 0 Å². The van der Waals surface area contributed by atoms with Crippen LogP contribution in [-0.4, -0.2) is 25.0 Å². The molecule has 2 aromatic rings. The van der Waals surface area contributed by atoms with Crippen molar-refractivity contribution in [3.8, 4) is 0 Å². The molecule has 0 fully saturated rings. The molecule has 0 aromatic heterocycles. The van der Waals surface area contributed by atoms with E-state index in [1.54, 1.807) is 0 Å². The van der Waals surface area contributed by atoms with Crippen molar-refractivity contribution in [2.24, 2.45) is 0 Å². The Morgan fingerprint density at radius 2 is 1.96 bits per heavy atom. The number of ether oxygens (including phenoxy) is 1. The molecule has 142 valence electrons. The van der Waals surface area contributed by atoms with Crippen molar-refractivity contribution in [1.82, 2.24) is 0 Å². The zero-order valence-electron chi connectivity index (χ0n) is 15.5. The van der Waals surface area contributed by atoms with Crippen LogP contribution < -0.4 is 10.2 Å². The van der Waals surface area contributed by atoms with Crippen molar-refractivity contribution in [2.45, 2.75) is 32.8 Å². The van der Waals surface area contributed by atoms with E-state index in [4.69, 9.17) is 4.74 Å². The van der Waals surface area contributed by atoms with Gasteiger partial charge < -0.3 is 15.0 Å². The maximum atomic E-state index is 13.4. The van der Waals surface area contributed by atoms with E-state index in [-0.39, 0.29) is 18.9 Å². The van der Waals surface area contributed by atoms with Crippen LogP contribution in [0.5, 0.6) is 0 Å². The first kappa shape index (κ1) is 18.9. The topological polar surface area (TPSA) is 58.6 Å². The van der Waals surface area contributed by atoms with Gasteiger partial charge in [-0.1, -0.05) is 24.3 Å². The molecule has 0 bridgehead atoms. The van der Waals surface area contributed by atoms with Gasteiger partial charge in [-0.05, 0) is 37.6 Å². The quantitative estimate of drug-likeness (QED) is 0.785. The number of anilines is 2. The van der Waals surface area contributed by atoms with E-state index in [0.717, 1.165) is 24.3 Å². The molecule has 1 N–H and O–H groups in total. The molecule has 1 amide bonds. The number of amides is 1. The maximum Gasteiger partial charge on any atom is 0.314 e. The third-order valence-corrected chi connectivity index (χ3v) is 4.80. The average molecular weight is 370 g/mol. The van der Waals surface area contributed by atoms with Gasteiger partial charge in [0.2, 0.25) is 5.91 Å². The molecule has 1 aliphatic rings. The first-order chi connectivity index (χ1) is 13.0. The summed E-state index contributed by atoms with van der Waals surface area (Å²) in [6.45, 7) is 5.97. The Kier molecular flexibility index (Phi) is 5.74. The molecule has 0 spiro atoms. The average Bonchev–Trinajstić information content (AvgIpc) is 2.67. The number of fused-ring (bicyclic) bond motifs is 1. The largest absolute Gasteiger partial charge is 0.460 e. The van der Waals surface area contributed by atoms with Gasteiger partial charge in [0, 0.05) is 36.4 Å². The lowest BCUT2D eigenvalue weighted by Gasteiger charge is -2.26. The van der Waals surface area contributed by atoms with Crippen molar-refractivity contribution in [2.75, 3.05) is 23.3 Å². The van der Waals surface area contributed by atoms with Crippen LogP contribution in [0.4, 0.5) is 15.8 Å². The molecule has 1 heterocycles. The van der Waals surface area contributed by atoms with Crippen molar-refractivity contribution >= 4 is 23.3 Å². The second kappa shape index (κ2) is 8.20. The highest BCUT2D eigenvalue weighted by Gasteiger charge is 2.32. The molecule has 0 saturated heterocycles. The van der Waals surface area contributed by atoms with Crippen molar-refractivity contribution in [3.05, 3.63) is 59.4 Å². The number of nitrogens with zero attached hydrogens (tertiary/aromatic N) is 1. The molecule has 3 rings (SSSR count). The van der Waals surface area contributed by atoms with Crippen LogP contribution in [-0.2, 0) is 20.9 Å². The number of rotatable bonds is 6. The lowest BCUT2D eigenvalue weighted by Crippen LogP contribution is -2.29. The Morgan fingerprint density at radius 3 is 2.70 bits per heavy atom. The molecule has 0 unspecified atom stereocenters. The molecular weight excluding hydrogens is 347 g/mol. The third-order valence-electron chi connectivity index (χ3n) is 4.80. The van der Waals surface area contributed by atoms with E-state index in [1.807, 2.05) is 24.3 Å². The highest BCUT2D eigenvalue weighted by atomic mass is 19.1. The normalized spacial score (nSPS) is 15.7. The van der Waals surface area contributed by atoms with Crippen molar-refractivity contribution < 1.29 is 18.7 Å². The number of esters is 1. The monoisotopic (exact) mass is 370 g/mol. The second-order valence-corrected chi connectivity index (χ2v) is 6.45. The zero-order chi connectivity index (χ0) is 19.4. The number of hydrogen-bond donors (Lipinski definition) is 1. The lowest BCUT2D eigenvalue weighted by molar-refractivity contribution is -0.148. The number of carbonyl (C=O) groups is 2. The first-order valence-electron chi connectivity index (χ1n) is 9.12. The fourth-order valence-electron chi connectivity index (χ4n) is 3.40. The summed E-state index contributed by atoms with van der Waals surface area (Å²) in [4.78, 5) is 26.8. The smallest absolute Gasteiger partial charge is 0.314 e. The summed E-state index contributed by atoms with van der Waals surface area (Å²) >= 11 is 0. The van der Waals surface area contributed by atoms with Gasteiger partial charge in [-0.15, -0.1) is 0 Å². The minimum Gasteiger partial charge on any atom is -0.460 e. The number of halogens is 1. The molecule has 0 aliphatic carbocycles. The van der Waals surface area contributed by atoms with Crippen molar-refractivity contribution in [1.29, 1.82) is 0 Å². The molecule has 1 atom stereocenters. The van der Waals surface area contributed by atoms with Gasteiger partial charge in [0.05, 0.1) is 5.92 Å². The lowest BCUT2D eigenvalue weighted by atomic mass is 9.90. The van der Waals surface area contributed by atoms with Crippen LogP contribution in [0.3, 0.4) is 0 Å². The molecule has 6 heteroatoms. The molecule has 2 aromatic carbocycles. The maximum absolute atomic E-state index is 13.4. The zero-order valence-corrected chi connectivity index (χ0v) is 15.5. The molecule has 0 saturated carbocycles. The Balaban J connectivity index is 1.77. The highest BCUT2D eigenvalue weighted by Crippen LogP contribution is 2.34. The SMILES string of the molecule is CCN(CC)c1ccccc1COC(=O)[C@H]1CC(=O)Nc2cc(F)ccc21. The van der Waals surface area contributed by atoms with Crippen LogP contribution in [0.25, 0.3) is 0 Å². The minimum absolute atomic E-state index is 0.00480. The minimum atomic E-state index is -0.727. The van der Waals surface area contributed by atoms with Crippen LogP contribution in [0.2, 0.25) is 0 Å². The van der Waals surface area contributed by atoms with Crippen molar-refractivity contribution in [3.63, 3.8) is 0 Å². The summed E-state index contributed by atoms with van der Waals surface area (Å²) in [6.07, 6.45) is -0.00480. The summed E-state index contributed by atoms with van der Waals surface area (Å²) in [5.41, 5.74) is 2.85. The summed E-state index contributed by atoms with van der Waals surface area (Å²) in [5.74, 6) is -1.99. The van der Waals surface area contributed by atoms with E-state index in [0.29, 0.717) is 11.3 Å². The summed E-state index contributed by atoms with van der Waals surface area (Å²) in [6, 6.07) is 11.8. The number of nitrogens with one attached hydrogen (secondary N) is 1. The molecule has 27 heavy (non-hydrogen) atoms. The van der Waals surface area contributed by atoms with Gasteiger partial charge in [0.15, 0.2) is 0 Å². The summed E-state index contributed by atoms with van der Waals surface area (Å²) in [5, 5.41) is 2.61. The molecular formula is C21H23FN2O3. The molecule has 0 radical (unpaired) electrons. The molecule has 1 aliphatic heterocycles. The summed E-state index contributed by atoms with van der Waals surface area (Å²) < 4.78 is 19.0. The van der Waals surface area contributed by atoms with Crippen LogP contribution in [0.1, 0.15) is 37.3 Å². The predicted octanol–water partition coefficient (Wildman–Crippen LogP) is 3.84. The Bertz CT molecular complexity index is 849. The van der Waals surface area contributed by atoms with Crippen LogP contribution in [0, 0.1) is 5.82 Å². The predicted molar refractivity (Wildman–Crippen MR) is 102 cm³/mol. The Hall–Kier alpha value is -2.89. The number of benzene rings is 2. The Labute approximate surface area is 158 Å². The standard InChI is InChI=1S/C21H23FN2O3/c1-3-24(4-2)19-8-6-5-7-14(19)13-27-21(26)17-12-20(25)23-18-11-15(22)9-10-16(17)18/h5-11,17H,3-4,12-13H2,1-2H3,(H,23,25)/t17-/m0/s1. The highest BCUT2D eigenvalue weighted by molar-refractivity contribution is 6.00. The third kappa shape index (κ3) is 4.10. The molecule has 5 nitrogen and oxygen atoms in total. The Morgan fingerprint density at radius 1 is 1.22 bits per heavy atom. The van der Waals surface area contributed by atoms with E-state index < -0.39 is 17.7 Å². The first-order valence-corrected chi connectivity index (χ1v) is 9.12. The number of para-hydroxylation sites is 1.